The lowest BCUT2D eigenvalue weighted by Gasteiger charge is -2.39. The molecule has 1 amide bonds. The van der Waals surface area contributed by atoms with E-state index in [0.717, 1.165) is 5.69 Å². The van der Waals surface area contributed by atoms with E-state index in [-0.39, 0.29) is 24.5 Å². The molecule has 5 heteroatoms. The van der Waals surface area contributed by atoms with Crippen molar-refractivity contribution in [1.82, 2.24) is 5.32 Å². The average Bonchev–Trinajstić information content (AvgIpc) is 2.38. The quantitative estimate of drug-likeness (QED) is 0.779. The fourth-order valence-electron chi connectivity index (χ4n) is 2.22. The van der Waals surface area contributed by atoms with Gasteiger partial charge in [-0.1, -0.05) is 6.07 Å². The van der Waals surface area contributed by atoms with Crippen molar-refractivity contribution in [2.45, 2.75) is 19.0 Å². The molecule has 3 N–H and O–H groups in total. The van der Waals surface area contributed by atoms with E-state index in [0.29, 0.717) is 12.1 Å². The number of hydrogen-bond donors (Lipinski definition) is 2. The minimum Gasteiger partial charge on any atom is -0.356 e. The van der Waals surface area contributed by atoms with Crippen LogP contribution >= 0.6 is 0 Å². The molecule has 2 unspecified atom stereocenters. The van der Waals surface area contributed by atoms with E-state index >= 15 is 0 Å². The van der Waals surface area contributed by atoms with Crippen molar-refractivity contribution in [3.63, 3.8) is 0 Å². The lowest BCUT2D eigenvalue weighted by atomic mass is 10.1. The Kier molecular flexibility index (Phi) is 3.49. The molecule has 0 aliphatic carbocycles. The highest BCUT2D eigenvalue weighted by atomic mass is 16.2. The predicted octanol–water partition coefficient (Wildman–Crippen LogP) is 0.210. The third-order valence-electron chi connectivity index (χ3n) is 3.07. The Hall–Kier alpha value is -2.06. The first-order valence-electron chi connectivity index (χ1n) is 5.93. The summed E-state index contributed by atoms with van der Waals surface area (Å²) in [5.41, 5.74) is 7.12. The Morgan fingerprint density at radius 3 is 3.06 bits per heavy atom. The van der Waals surface area contributed by atoms with E-state index in [4.69, 9.17) is 11.0 Å². The summed E-state index contributed by atoms with van der Waals surface area (Å²) in [6, 6.07) is 9.06. The van der Waals surface area contributed by atoms with Crippen LogP contribution in [0.15, 0.2) is 24.3 Å². The SMILES string of the molecule is CC1CN(c2cccc(C#N)c2)C(CN)C(=O)N1. The van der Waals surface area contributed by atoms with Crippen molar-refractivity contribution in [3.8, 4) is 6.07 Å². The molecule has 0 aromatic heterocycles. The Morgan fingerprint density at radius 2 is 2.39 bits per heavy atom. The second-order valence-electron chi connectivity index (χ2n) is 4.48. The minimum absolute atomic E-state index is 0.0568. The van der Waals surface area contributed by atoms with Gasteiger partial charge >= 0.3 is 0 Å². The second kappa shape index (κ2) is 5.07. The number of anilines is 1. The number of rotatable bonds is 2. The molecule has 5 nitrogen and oxygen atoms in total. The molecule has 0 radical (unpaired) electrons. The first-order chi connectivity index (χ1) is 8.65. The Bertz CT molecular complexity index is 494. The molecule has 0 saturated carbocycles. The highest BCUT2D eigenvalue weighted by molar-refractivity contribution is 5.87. The van der Waals surface area contributed by atoms with Gasteiger partial charge in [-0.2, -0.15) is 5.26 Å². The number of benzene rings is 1. The minimum atomic E-state index is -0.366. The molecule has 2 rings (SSSR count). The van der Waals surface area contributed by atoms with Gasteiger partial charge in [0.1, 0.15) is 6.04 Å². The number of nitrogens with two attached hydrogens (primary N) is 1. The monoisotopic (exact) mass is 244 g/mol. The molecule has 1 heterocycles. The molecule has 1 aromatic rings. The lowest BCUT2D eigenvalue weighted by Crippen LogP contribution is -2.61. The van der Waals surface area contributed by atoms with Crippen molar-refractivity contribution in [2.24, 2.45) is 5.73 Å². The maximum Gasteiger partial charge on any atom is 0.244 e. The summed E-state index contributed by atoms with van der Waals surface area (Å²) in [5.74, 6) is -0.0568. The third-order valence-corrected chi connectivity index (χ3v) is 3.07. The molecular formula is C13H16N4O. The van der Waals surface area contributed by atoms with Crippen molar-refractivity contribution < 1.29 is 4.79 Å². The average molecular weight is 244 g/mol. The summed E-state index contributed by atoms with van der Waals surface area (Å²) in [6.07, 6.45) is 0. The number of nitrogens with zero attached hydrogens (tertiary/aromatic N) is 2. The van der Waals surface area contributed by atoms with Crippen molar-refractivity contribution in [3.05, 3.63) is 29.8 Å². The van der Waals surface area contributed by atoms with Gasteiger partial charge in [0.15, 0.2) is 0 Å². The fraction of sp³-hybridized carbons (Fsp3) is 0.385. The molecule has 1 fully saturated rings. The zero-order valence-corrected chi connectivity index (χ0v) is 10.3. The van der Waals surface area contributed by atoms with Crippen LogP contribution in [0.1, 0.15) is 12.5 Å². The number of carbonyl (C=O) groups excluding carboxylic acids is 1. The van der Waals surface area contributed by atoms with Crippen LogP contribution in [0.25, 0.3) is 0 Å². The van der Waals surface area contributed by atoms with Crippen LogP contribution in [0.4, 0.5) is 5.69 Å². The lowest BCUT2D eigenvalue weighted by molar-refractivity contribution is -0.123. The fourth-order valence-corrected chi connectivity index (χ4v) is 2.22. The highest BCUT2D eigenvalue weighted by Crippen LogP contribution is 2.21. The van der Waals surface area contributed by atoms with Crippen LogP contribution in [0.2, 0.25) is 0 Å². The zero-order chi connectivity index (χ0) is 13.1. The molecule has 2 atom stereocenters. The number of nitrogens with one attached hydrogen (secondary N) is 1. The van der Waals surface area contributed by atoms with Gasteiger partial charge in [0.25, 0.3) is 0 Å². The van der Waals surface area contributed by atoms with Crippen LogP contribution < -0.4 is 16.0 Å². The van der Waals surface area contributed by atoms with E-state index in [1.54, 1.807) is 12.1 Å². The van der Waals surface area contributed by atoms with Crippen LogP contribution in [0.3, 0.4) is 0 Å². The standard InChI is InChI=1S/C13H16N4O/c1-9-8-17(12(7-15)13(18)16-9)11-4-2-3-10(5-11)6-14/h2-5,9,12H,7-8,15H2,1H3,(H,16,18). The molecule has 0 bridgehead atoms. The van der Waals surface area contributed by atoms with Gasteiger partial charge < -0.3 is 16.0 Å². The van der Waals surface area contributed by atoms with Crippen LogP contribution in [0, 0.1) is 11.3 Å². The molecule has 18 heavy (non-hydrogen) atoms. The zero-order valence-electron chi connectivity index (χ0n) is 10.3. The molecule has 1 saturated heterocycles. The number of carbonyl (C=O) groups is 1. The number of amides is 1. The maximum atomic E-state index is 11.9. The normalized spacial score (nSPS) is 23.4. The van der Waals surface area contributed by atoms with Crippen molar-refractivity contribution >= 4 is 11.6 Å². The molecular weight excluding hydrogens is 228 g/mol. The molecule has 94 valence electrons. The summed E-state index contributed by atoms with van der Waals surface area (Å²) >= 11 is 0. The Labute approximate surface area is 106 Å². The Balaban J connectivity index is 2.34. The molecule has 1 aromatic carbocycles. The number of hydrogen-bond acceptors (Lipinski definition) is 4. The number of piperazine rings is 1. The second-order valence-corrected chi connectivity index (χ2v) is 4.48. The smallest absolute Gasteiger partial charge is 0.244 e. The van der Waals surface area contributed by atoms with Gasteiger partial charge in [-0.05, 0) is 25.1 Å². The van der Waals surface area contributed by atoms with Crippen molar-refractivity contribution in [2.75, 3.05) is 18.0 Å². The molecule has 0 spiro atoms. The van der Waals surface area contributed by atoms with E-state index in [1.165, 1.54) is 0 Å². The number of nitriles is 1. The van der Waals surface area contributed by atoms with E-state index in [1.807, 2.05) is 24.0 Å². The summed E-state index contributed by atoms with van der Waals surface area (Å²) in [5, 5.41) is 11.8. The van der Waals surface area contributed by atoms with Crippen LogP contribution in [-0.4, -0.2) is 31.1 Å². The van der Waals surface area contributed by atoms with Gasteiger partial charge in [0.2, 0.25) is 5.91 Å². The third kappa shape index (κ3) is 2.29. The van der Waals surface area contributed by atoms with Crippen molar-refractivity contribution in [1.29, 1.82) is 5.26 Å². The highest BCUT2D eigenvalue weighted by Gasteiger charge is 2.31. The van der Waals surface area contributed by atoms with E-state index in [2.05, 4.69) is 11.4 Å². The summed E-state index contributed by atoms with van der Waals surface area (Å²) in [4.78, 5) is 13.8. The summed E-state index contributed by atoms with van der Waals surface area (Å²) < 4.78 is 0. The van der Waals surface area contributed by atoms with Gasteiger partial charge in [0, 0.05) is 24.8 Å². The van der Waals surface area contributed by atoms with Gasteiger partial charge in [-0.25, -0.2) is 0 Å². The first kappa shape index (κ1) is 12.4. The molecule has 1 aliphatic rings. The maximum absolute atomic E-state index is 11.9. The van der Waals surface area contributed by atoms with Gasteiger partial charge in [-0.15, -0.1) is 0 Å². The van der Waals surface area contributed by atoms with Gasteiger partial charge in [-0.3, -0.25) is 4.79 Å². The predicted molar refractivity (Wildman–Crippen MR) is 69.0 cm³/mol. The topological polar surface area (TPSA) is 82.2 Å². The largest absolute Gasteiger partial charge is 0.356 e. The van der Waals surface area contributed by atoms with E-state index in [9.17, 15) is 4.79 Å². The summed E-state index contributed by atoms with van der Waals surface area (Å²) in [7, 11) is 0. The van der Waals surface area contributed by atoms with E-state index < -0.39 is 0 Å². The molecule has 1 aliphatic heterocycles. The Morgan fingerprint density at radius 1 is 1.61 bits per heavy atom. The first-order valence-corrected chi connectivity index (χ1v) is 5.93. The van der Waals surface area contributed by atoms with Gasteiger partial charge in [0.05, 0.1) is 11.6 Å². The van der Waals surface area contributed by atoms with Crippen LogP contribution in [-0.2, 0) is 4.79 Å². The summed E-state index contributed by atoms with van der Waals surface area (Å²) in [6.45, 7) is 2.91. The van der Waals surface area contributed by atoms with Crippen LogP contribution in [0.5, 0.6) is 0 Å².